The average Bonchev–Trinajstić information content (AvgIpc) is 3.57. The number of fused-ring (bicyclic) bond motifs is 3. The van der Waals surface area contributed by atoms with Crippen molar-refractivity contribution < 1.29 is 91.4 Å². The maximum Gasteiger partial charge on any atom is 1.00 e. The van der Waals surface area contributed by atoms with Gasteiger partial charge in [0.2, 0.25) is 17.9 Å². The Bertz CT molecular complexity index is 2400. The normalized spacial score (nSPS) is 14.1. The van der Waals surface area contributed by atoms with Gasteiger partial charge in [0.25, 0.3) is 10.9 Å². The molecule has 6 rings (SSSR count). The Hall–Kier alpha value is -2.48. The number of aromatic nitrogens is 1. The maximum atomic E-state index is 13.0. The summed E-state index contributed by atoms with van der Waals surface area (Å²) in [5, 5.41) is 5.24. The summed E-state index contributed by atoms with van der Waals surface area (Å²) in [6, 6.07) is 25.2. The Morgan fingerprint density at radius 2 is 1.61 bits per heavy atom. The van der Waals surface area contributed by atoms with Crippen LogP contribution in [0.4, 0.5) is 5.69 Å². The van der Waals surface area contributed by atoms with Gasteiger partial charge in [0.05, 0.1) is 37.4 Å². The van der Waals surface area contributed by atoms with E-state index in [9.17, 15) is 30.7 Å². The summed E-state index contributed by atoms with van der Waals surface area (Å²) < 4.78 is 78.3. The quantitative estimate of drug-likeness (QED) is 0.113. The minimum Gasteiger partial charge on any atom is -0.748 e. The molecule has 0 atom stereocenters. The van der Waals surface area contributed by atoms with Crippen molar-refractivity contribution in [3.05, 3.63) is 106 Å². The fraction of sp³-hybridized carbons (Fsp3) is 0.200. The zero-order chi connectivity index (χ0) is 35.6. The first-order chi connectivity index (χ1) is 23.8. The van der Waals surface area contributed by atoms with E-state index in [1.54, 1.807) is 11.0 Å². The van der Waals surface area contributed by atoms with Crippen molar-refractivity contribution in [1.29, 1.82) is 0 Å². The fourth-order valence-corrected chi connectivity index (χ4v) is 7.79. The van der Waals surface area contributed by atoms with Crippen molar-refractivity contribution in [2.45, 2.75) is 19.9 Å². The molecule has 1 N–H and O–H groups in total. The van der Waals surface area contributed by atoms with Crippen LogP contribution in [0.25, 0.3) is 38.2 Å². The molecule has 51 heavy (non-hydrogen) atoms. The largest absolute Gasteiger partial charge is 1.00 e. The number of hydrogen-bond donors (Lipinski definition) is 1. The fourth-order valence-electron chi connectivity index (χ4n) is 5.60. The predicted octanol–water partition coefficient (Wildman–Crippen LogP) is 2.52. The number of benzene rings is 4. The summed E-state index contributed by atoms with van der Waals surface area (Å²) in [4.78, 5) is 14.7. The van der Waals surface area contributed by atoms with E-state index in [-0.39, 0.29) is 71.0 Å². The van der Waals surface area contributed by atoms with Gasteiger partial charge < -0.3 is 24.1 Å². The number of carbonyl (C=O) groups is 1. The van der Waals surface area contributed by atoms with Gasteiger partial charge >= 0.3 is 51.4 Å². The third-order valence-electron chi connectivity index (χ3n) is 8.07. The molecule has 2 heterocycles. The second-order valence-electron chi connectivity index (χ2n) is 11.6. The van der Waals surface area contributed by atoms with Crippen molar-refractivity contribution in [2.75, 3.05) is 29.5 Å². The SMILES string of the molecule is CCC(/C=C1\Oc2ccc(-c3ccc(Br)cc3)cc2N1CCS(=O)(=O)[O-])=C\c1sc2cc3ccccc3cc2[n+]1CC(=O)NCCS(=O)(=O)[O-].[K+]. The molecule has 16 heteroatoms. The number of halogens is 1. The van der Waals surface area contributed by atoms with E-state index in [0.717, 1.165) is 47.2 Å². The van der Waals surface area contributed by atoms with E-state index >= 15 is 0 Å². The van der Waals surface area contributed by atoms with Crippen LogP contribution in [0.5, 0.6) is 5.75 Å². The van der Waals surface area contributed by atoms with Gasteiger partial charge in [-0.25, -0.2) is 16.8 Å². The van der Waals surface area contributed by atoms with E-state index in [1.807, 2.05) is 96.4 Å². The van der Waals surface area contributed by atoms with Gasteiger partial charge in [-0.3, -0.25) is 4.79 Å². The summed E-state index contributed by atoms with van der Waals surface area (Å²) in [6.07, 6.45) is 4.24. The molecule has 4 aromatic carbocycles. The monoisotopic (exact) mass is 835 g/mol. The van der Waals surface area contributed by atoms with Gasteiger partial charge in [0.15, 0.2) is 5.75 Å². The second kappa shape index (κ2) is 16.7. The standard InChI is InChI=1S/C35H32BrN3O8S3.K/c1-2-23(17-34-38(14-16-50(44,45)46)29-19-27(9-12-31(29)47-34)24-7-10-28(36)11-8-24)18-35-39(22-33(40)37-13-15-49(41,42)43)30-20-25-5-3-4-6-26(25)21-32(30)48-35;/h3-12,17-21H,2,13-16,22H2,1H3,(H2-,37,40,41,42,43,44,45,46);/q;+1/p-1. The smallest absolute Gasteiger partial charge is 0.748 e. The first-order valence-corrected chi connectivity index (χ1v) is 20.3. The third-order valence-corrected chi connectivity index (χ3v) is 11.1. The molecule has 11 nitrogen and oxygen atoms in total. The molecular weight excluding hydrogens is 806 g/mol. The van der Waals surface area contributed by atoms with Crippen LogP contribution in [0.1, 0.15) is 18.4 Å². The van der Waals surface area contributed by atoms with Crippen LogP contribution in [0.15, 0.2) is 101 Å². The van der Waals surface area contributed by atoms with Crippen LogP contribution in [0.2, 0.25) is 0 Å². The van der Waals surface area contributed by atoms with Crippen molar-refractivity contribution in [3.63, 3.8) is 0 Å². The molecule has 1 aromatic heterocycles. The third kappa shape index (κ3) is 10.1. The number of allylic oxidation sites excluding steroid dienone is 2. The first kappa shape index (κ1) is 39.7. The molecule has 0 radical (unpaired) electrons. The average molecular weight is 837 g/mol. The van der Waals surface area contributed by atoms with Crippen molar-refractivity contribution in [3.8, 4) is 16.9 Å². The molecule has 0 aliphatic carbocycles. The van der Waals surface area contributed by atoms with E-state index in [4.69, 9.17) is 4.74 Å². The van der Waals surface area contributed by atoms with E-state index in [0.29, 0.717) is 23.7 Å². The number of anilines is 1. The number of thiazole rings is 1. The maximum absolute atomic E-state index is 13.0. The summed E-state index contributed by atoms with van der Waals surface area (Å²) in [5.74, 6) is -0.946. The Kier molecular flexibility index (Phi) is 13.0. The molecule has 0 fully saturated rings. The van der Waals surface area contributed by atoms with Gasteiger partial charge in [-0.05, 0) is 64.2 Å². The number of carbonyl (C=O) groups excluding carboxylic acids is 1. The Balaban J connectivity index is 0.00000504. The Morgan fingerprint density at radius 1 is 0.941 bits per heavy atom. The number of nitrogens with zero attached hydrogens (tertiary/aromatic N) is 2. The zero-order valence-electron chi connectivity index (χ0n) is 27.7. The Morgan fingerprint density at radius 3 is 2.27 bits per heavy atom. The molecular formula is C35H31BrKN3O8S3. The molecule has 5 aromatic rings. The van der Waals surface area contributed by atoms with Gasteiger partial charge in [-0.15, -0.1) is 0 Å². The molecule has 1 amide bonds. The molecule has 1 aliphatic rings. The van der Waals surface area contributed by atoms with Crippen LogP contribution in [-0.4, -0.2) is 56.4 Å². The van der Waals surface area contributed by atoms with Crippen molar-refractivity contribution in [2.24, 2.45) is 0 Å². The topological polar surface area (TPSA) is 160 Å². The molecule has 0 spiro atoms. The molecule has 260 valence electrons. The number of nitrogens with one attached hydrogen (secondary N) is 1. The summed E-state index contributed by atoms with van der Waals surface area (Å²) in [6.45, 7) is 1.39. The minimum atomic E-state index is -4.54. The zero-order valence-corrected chi connectivity index (χ0v) is 34.8. The molecule has 0 saturated carbocycles. The predicted molar refractivity (Wildman–Crippen MR) is 196 cm³/mol. The van der Waals surface area contributed by atoms with Gasteiger partial charge in [-0.2, -0.15) is 4.57 Å². The summed E-state index contributed by atoms with van der Waals surface area (Å²) in [7, 11) is -9.02. The van der Waals surface area contributed by atoms with Crippen LogP contribution < -0.4 is 70.9 Å². The molecule has 0 saturated heterocycles. The van der Waals surface area contributed by atoms with Crippen LogP contribution in [0.3, 0.4) is 0 Å². The Labute approximate surface area is 351 Å². The second-order valence-corrected chi connectivity index (χ2v) is 16.6. The summed E-state index contributed by atoms with van der Waals surface area (Å²) in [5.41, 5.74) is 4.03. The summed E-state index contributed by atoms with van der Waals surface area (Å²) >= 11 is 4.92. The van der Waals surface area contributed by atoms with Gasteiger partial charge in [0.1, 0.15) is 4.70 Å². The number of rotatable bonds is 12. The van der Waals surface area contributed by atoms with Crippen molar-refractivity contribution in [1.82, 2.24) is 5.32 Å². The number of hydrogen-bond acceptors (Lipinski definition) is 10. The minimum absolute atomic E-state index is 0. The first-order valence-electron chi connectivity index (χ1n) is 15.5. The van der Waals surface area contributed by atoms with Crippen LogP contribution in [-0.2, 0) is 31.6 Å². The molecule has 1 aliphatic heterocycles. The number of amides is 1. The van der Waals surface area contributed by atoms with Crippen LogP contribution >= 0.6 is 27.3 Å². The van der Waals surface area contributed by atoms with Crippen molar-refractivity contribution >= 4 is 86.2 Å². The van der Waals surface area contributed by atoms with E-state index in [1.165, 1.54) is 11.3 Å². The van der Waals surface area contributed by atoms with E-state index < -0.39 is 37.6 Å². The molecule has 0 bridgehead atoms. The van der Waals surface area contributed by atoms with Gasteiger partial charge in [-0.1, -0.05) is 76.7 Å². The van der Waals surface area contributed by atoms with Crippen LogP contribution in [0, 0.1) is 0 Å². The van der Waals surface area contributed by atoms with E-state index in [2.05, 4.69) is 21.2 Å². The molecule has 0 unspecified atom stereocenters. The van der Waals surface area contributed by atoms with Gasteiger partial charge in [0, 0.05) is 35.8 Å². The number of ether oxygens (including phenoxy) is 1.